The van der Waals surface area contributed by atoms with Gasteiger partial charge in [0.1, 0.15) is 12.3 Å². The molecule has 0 radical (unpaired) electrons. The first-order valence-corrected chi connectivity index (χ1v) is 10.5. The number of rotatable bonds is 8. The molecule has 0 aliphatic carbocycles. The Morgan fingerprint density at radius 3 is 2.73 bits per heavy atom. The van der Waals surface area contributed by atoms with Crippen LogP contribution in [0, 0.1) is 0 Å². The minimum atomic E-state index is -0.583. The second-order valence-corrected chi connectivity index (χ2v) is 8.22. The van der Waals surface area contributed by atoms with Gasteiger partial charge >= 0.3 is 6.09 Å². The summed E-state index contributed by atoms with van der Waals surface area (Å²) < 4.78 is 6.99. The predicted octanol–water partition coefficient (Wildman–Crippen LogP) is 2.71. The fraction of sp³-hybridized carbons (Fsp3) is 0.333. The molecule has 0 spiro atoms. The molecule has 30 heavy (non-hydrogen) atoms. The maximum absolute atomic E-state index is 12.6. The van der Waals surface area contributed by atoms with E-state index in [0.29, 0.717) is 31.5 Å². The topological polar surface area (TPSA) is 108 Å². The van der Waals surface area contributed by atoms with Crippen molar-refractivity contribution < 1.29 is 19.1 Å². The lowest BCUT2D eigenvalue weighted by Gasteiger charge is -2.23. The number of nitrogens with zero attached hydrogens (tertiary/aromatic N) is 3. The standard InChI is InChI=1S/C21H24N4O4S/c1-2-10-29-21(28)25-12-17(30-20(27)15-6-4-3-5-7-15)11-16(25)8-9-24-13-18(19(22)26)23-14-24/h2-7,13-14,16-17H,1,8-12H2,(H2,22,26)/t16-,17+/m1/s1. The van der Waals surface area contributed by atoms with E-state index in [2.05, 4.69) is 11.6 Å². The molecule has 0 bridgehead atoms. The van der Waals surface area contributed by atoms with Gasteiger partial charge in [0.2, 0.25) is 5.12 Å². The Morgan fingerprint density at radius 2 is 2.07 bits per heavy atom. The molecule has 2 heterocycles. The number of amides is 2. The third kappa shape index (κ3) is 5.50. The molecule has 1 saturated heterocycles. The Hall–Kier alpha value is -3.07. The van der Waals surface area contributed by atoms with Crippen molar-refractivity contribution in [1.82, 2.24) is 14.5 Å². The molecule has 158 valence electrons. The van der Waals surface area contributed by atoms with Crippen LogP contribution in [0.15, 0.2) is 55.5 Å². The zero-order valence-corrected chi connectivity index (χ0v) is 17.3. The van der Waals surface area contributed by atoms with Crippen LogP contribution in [-0.2, 0) is 11.3 Å². The van der Waals surface area contributed by atoms with E-state index >= 15 is 0 Å². The lowest BCUT2D eigenvalue weighted by molar-refractivity contribution is 0.0995. The summed E-state index contributed by atoms with van der Waals surface area (Å²) in [5.41, 5.74) is 6.08. The van der Waals surface area contributed by atoms with Crippen molar-refractivity contribution >= 4 is 28.9 Å². The van der Waals surface area contributed by atoms with Crippen molar-refractivity contribution in [2.24, 2.45) is 5.73 Å². The maximum Gasteiger partial charge on any atom is 0.410 e. The number of nitrogens with two attached hydrogens (primary N) is 1. The lowest BCUT2D eigenvalue weighted by Crippen LogP contribution is -2.37. The number of carbonyl (C=O) groups is 3. The highest BCUT2D eigenvalue weighted by molar-refractivity contribution is 8.14. The number of benzene rings is 1. The largest absolute Gasteiger partial charge is 0.445 e. The summed E-state index contributed by atoms with van der Waals surface area (Å²) in [7, 11) is 0. The number of imidazole rings is 1. The van der Waals surface area contributed by atoms with Gasteiger partial charge in [-0.25, -0.2) is 9.78 Å². The molecule has 0 saturated carbocycles. The van der Waals surface area contributed by atoms with Crippen LogP contribution in [0.2, 0.25) is 0 Å². The second kappa shape index (κ2) is 10.1. The van der Waals surface area contributed by atoms with Gasteiger partial charge in [-0.3, -0.25) is 9.59 Å². The van der Waals surface area contributed by atoms with Crippen molar-refractivity contribution in [3.8, 4) is 0 Å². The predicted molar refractivity (Wildman–Crippen MR) is 114 cm³/mol. The minimum absolute atomic E-state index is 0.0126. The number of aromatic nitrogens is 2. The van der Waals surface area contributed by atoms with Gasteiger partial charge in [-0.05, 0) is 12.8 Å². The molecule has 0 unspecified atom stereocenters. The van der Waals surface area contributed by atoms with E-state index in [1.807, 2.05) is 18.2 Å². The summed E-state index contributed by atoms with van der Waals surface area (Å²) in [6.07, 6.45) is 5.53. The van der Waals surface area contributed by atoms with Gasteiger partial charge in [-0.15, -0.1) is 0 Å². The summed E-state index contributed by atoms with van der Waals surface area (Å²) in [4.78, 5) is 41.9. The van der Waals surface area contributed by atoms with Gasteiger partial charge in [0, 0.05) is 36.1 Å². The van der Waals surface area contributed by atoms with Crippen LogP contribution < -0.4 is 5.73 Å². The summed E-state index contributed by atoms with van der Waals surface area (Å²) in [6.45, 7) is 4.68. The van der Waals surface area contributed by atoms with E-state index in [0.717, 1.165) is 0 Å². The highest BCUT2D eigenvalue weighted by atomic mass is 32.2. The average Bonchev–Trinajstić information content (AvgIpc) is 3.38. The number of hydrogen-bond acceptors (Lipinski definition) is 6. The van der Waals surface area contributed by atoms with E-state index < -0.39 is 12.0 Å². The van der Waals surface area contributed by atoms with Crippen molar-refractivity contribution in [1.29, 1.82) is 0 Å². The lowest BCUT2D eigenvalue weighted by atomic mass is 10.1. The highest BCUT2D eigenvalue weighted by Gasteiger charge is 2.37. The molecule has 9 heteroatoms. The quantitative estimate of drug-likeness (QED) is 0.648. The highest BCUT2D eigenvalue weighted by Crippen LogP contribution is 2.32. The maximum atomic E-state index is 12.6. The number of aryl methyl sites for hydroxylation is 1. The molecular weight excluding hydrogens is 404 g/mol. The van der Waals surface area contributed by atoms with E-state index in [-0.39, 0.29) is 28.7 Å². The first-order chi connectivity index (χ1) is 14.5. The number of primary amides is 1. The van der Waals surface area contributed by atoms with Gasteiger partial charge in [-0.1, -0.05) is 54.7 Å². The third-order valence-electron chi connectivity index (χ3n) is 4.82. The molecule has 3 rings (SSSR count). The van der Waals surface area contributed by atoms with Crippen molar-refractivity contribution in [3.63, 3.8) is 0 Å². The summed E-state index contributed by atoms with van der Waals surface area (Å²) >= 11 is 1.25. The van der Waals surface area contributed by atoms with Crippen LogP contribution in [0.3, 0.4) is 0 Å². The molecule has 2 aromatic rings. The molecule has 2 amide bonds. The Balaban J connectivity index is 1.64. The fourth-order valence-corrected chi connectivity index (χ4v) is 4.50. The van der Waals surface area contributed by atoms with Gasteiger partial charge in [-0.2, -0.15) is 0 Å². The molecule has 1 aliphatic heterocycles. The van der Waals surface area contributed by atoms with Crippen LogP contribution in [0.5, 0.6) is 0 Å². The van der Waals surface area contributed by atoms with Crippen LogP contribution in [0.1, 0.15) is 33.7 Å². The van der Waals surface area contributed by atoms with Gasteiger partial charge in [0.05, 0.1) is 6.33 Å². The van der Waals surface area contributed by atoms with Crippen LogP contribution in [0.25, 0.3) is 0 Å². The SMILES string of the molecule is C=CCOC(=O)N1C[C@@H](SC(=O)c2ccccc2)C[C@H]1CCn1cnc(C(N)=O)c1. The van der Waals surface area contributed by atoms with Gasteiger partial charge in [0.15, 0.2) is 0 Å². The number of ether oxygens (including phenoxy) is 1. The number of likely N-dealkylation sites (tertiary alicyclic amines) is 1. The number of thioether (sulfide) groups is 1. The monoisotopic (exact) mass is 428 g/mol. The Labute approximate surface area is 179 Å². The van der Waals surface area contributed by atoms with Crippen molar-refractivity contribution in [2.75, 3.05) is 13.2 Å². The molecule has 2 atom stereocenters. The van der Waals surface area contributed by atoms with Crippen molar-refractivity contribution in [2.45, 2.75) is 30.7 Å². The van der Waals surface area contributed by atoms with E-state index in [4.69, 9.17) is 10.5 Å². The van der Waals surface area contributed by atoms with E-state index in [9.17, 15) is 14.4 Å². The molecule has 8 nitrogen and oxygen atoms in total. The third-order valence-corrected chi connectivity index (χ3v) is 5.95. The Kier molecular flexibility index (Phi) is 7.29. The first kappa shape index (κ1) is 21.6. The molecule has 1 fully saturated rings. The first-order valence-electron chi connectivity index (χ1n) is 9.59. The zero-order valence-electron chi connectivity index (χ0n) is 16.5. The van der Waals surface area contributed by atoms with Crippen LogP contribution >= 0.6 is 11.8 Å². The van der Waals surface area contributed by atoms with E-state index in [1.165, 1.54) is 17.8 Å². The summed E-state index contributed by atoms with van der Waals surface area (Å²) in [6, 6.07) is 9.00. The number of hydrogen-bond donors (Lipinski definition) is 1. The Morgan fingerprint density at radius 1 is 1.30 bits per heavy atom. The van der Waals surface area contributed by atoms with Crippen LogP contribution in [0.4, 0.5) is 4.79 Å². The fourth-order valence-electron chi connectivity index (χ4n) is 3.37. The van der Waals surface area contributed by atoms with Gasteiger partial charge in [0.25, 0.3) is 5.91 Å². The normalized spacial score (nSPS) is 18.2. The Bertz CT molecular complexity index is 915. The molecule has 1 aromatic carbocycles. The molecule has 1 aliphatic rings. The smallest absolute Gasteiger partial charge is 0.410 e. The summed E-state index contributed by atoms with van der Waals surface area (Å²) in [5, 5.41) is -0.0377. The second-order valence-electron chi connectivity index (χ2n) is 6.95. The van der Waals surface area contributed by atoms with Crippen molar-refractivity contribution in [3.05, 3.63) is 66.8 Å². The molecular formula is C21H24N4O4S. The molecule has 2 N–H and O–H groups in total. The average molecular weight is 429 g/mol. The van der Waals surface area contributed by atoms with Gasteiger partial charge < -0.3 is 19.9 Å². The minimum Gasteiger partial charge on any atom is -0.445 e. The van der Waals surface area contributed by atoms with E-state index in [1.54, 1.807) is 34.1 Å². The number of carbonyl (C=O) groups excluding carboxylic acids is 3. The molecule has 1 aromatic heterocycles. The van der Waals surface area contributed by atoms with Crippen LogP contribution in [-0.4, -0.2) is 56.0 Å². The zero-order chi connectivity index (χ0) is 21.5. The summed E-state index contributed by atoms with van der Waals surface area (Å²) in [5.74, 6) is -0.583.